The lowest BCUT2D eigenvalue weighted by molar-refractivity contribution is 0.406. The minimum atomic E-state index is 0.272. The van der Waals surface area contributed by atoms with Gasteiger partial charge in [-0.3, -0.25) is 9.56 Å². The number of allylic oxidation sites excluding steroid dienone is 1. The number of hydrogen-bond acceptors (Lipinski definition) is 4. The fraction of sp³-hybridized carbons (Fsp3) is 0.182. The lowest BCUT2D eigenvalue weighted by Gasteiger charge is -2.04. The average molecular weight is 375 g/mol. The molecule has 1 aliphatic rings. The first-order valence-electron chi connectivity index (χ1n) is 9.14. The number of unbranched alkanes of at least 4 members (excludes halogenated alkanes) is 1. The van der Waals surface area contributed by atoms with E-state index < -0.39 is 0 Å². The number of aromatic hydroxyl groups is 1. The molecule has 0 radical (unpaired) electrons. The van der Waals surface area contributed by atoms with Crippen molar-refractivity contribution in [3.8, 4) is 5.88 Å². The van der Waals surface area contributed by atoms with Crippen LogP contribution in [0.2, 0.25) is 0 Å². The molecule has 1 aliphatic heterocycles. The topological polar surface area (TPSA) is 49.9 Å². The molecule has 0 saturated carbocycles. The molecule has 0 saturated heterocycles. The van der Waals surface area contributed by atoms with Gasteiger partial charge in [0, 0.05) is 23.9 Å². The minimum Gasteiger partial charge on any atom is -0.493 e. The number of aromatic nitrogens is 1. The molecule has 2 heterocycles. The number of rotatable bonds is 5. The van der Waals surface area contributed by atoms with E-state index in [1.54, 1.807) is 0 Å². The maximum atomic E-state index is 10.8. The lowest BCUT2D eigenvalue weighted by Crippen LogP contribution is -2.14. The third-order valence-electron chi connectivity index (χ3n) is 4.47. The van der Waals surface area contributed by atoms with Gasteiger partial charge in [-0.1, -0.05) is 61.1 Å². The number of benzene rings is 2. The van der Waals surface area contributed by atoms with Gasteiger partial charge in [-0.2, -0.15) is 0 Å². The minimum absolute atomic E-state index is 0.272. The third-order valence-corrected chi connectivity index (χ3v) is 5.48. The molecule has 2 aromatic carbocycles. The van der Waals surface area contributed by atoms with Crippen LogP contribution in [0.3, 0.4) is 0 Å². The number of hydrogen-bond donors (Lipinski definition) is 1. The molecule has 0 aliphatic carbocycles. The van der Waals surface area contributed by atoms with E-state index in [2.05, 4.69) is 18.0 Å². The van der Waals surface area contributed by atoms with Crippen LogP contribution in [-0.4, -0.2) is 15.9 Å². The molecule has 4 nitrogen and oxygen atoms in total. The molecule has 0 bridgehead atoms. The quantitative estimate of drug-likeness (QED) is 0.625. The van der Waals surface area contributed by atoms with Crippen LogP contribution in [0.25, 0.3) is 11.6 Å². The summed E-state index contributed by atoms with van der Waals surface area (Å²) in [6.07, 6.45) is 5.91. The average Bonchev–Trinajstić information content (AvgIpc) is 3.23. The monoisotopic (exact) mass is 375 g/mol. The zero-order valence-corrected chi connectivity index (χ0v) is 16.0. The van der Waals surface area contributed by atoms with E-state index in [1.807, 2.05) is 65.4 Å². The molecule has 1 N–H and O–H groups in total. The van der Waals surface area contributed by atoms with E-state index in [4.69, 9.17) is 4.99 Å². The number of thiazole rings is 1. The van der Waals surface area contributed by atoms with E-state index in [-0.39, 0.29) is 5.88 Å². The Bertz CT molecular complexity index is 1070. The molecular weight excluding hydrogens is 354 g/mol. The van der Waals surface area contributed by atoms with Crippen LogP contribution < -0.4 is 4.80 Å². The second kappa shape index (κ2) is 7.76. The number of nitrogens with zero attached hydrogens (tertiary/aromatic N) is 3. The molecule has 136 valence electrons. The fourth-order valence-electron chi connectivity index (χ4n) is 3.03. The van der Waals surface area contributed by atoms with Crippen molar-refractivity contribution in [2.24, 2.45) is 9.98 Å². The van der Waals surface area contributed by atoms with Gasteiger partial charge in [0.2, 0.25) is 5.88 Å². The lowest BCUT2D eigenvalue weighted by atomic mass is 10.1. The highest BCUT2D eigenvalue weighted by molar-refractivity contribution is 7.10. The SMILES string of the molecule is CCCCn1c(O)c(/C=C2\C=Nc3ccccc32)sc1=Nc1ccccc1. The van der Waals surface area contributed by atoms with Crippen LogP contribution in [0.4, 0.5) is 11.4 Å². The Labute approximate surface area is 162 Å². The highest BCUT2D eigenvalue weighted by Gasteiger charge is 2.15. The zero-order valence-electron chi connectivity index (χ0n) is 15.2. The molecule has 0 amide bonds. The molecule has 0 fully saturated rings. The summed E-state index contributed by atoms with van der Waals surface area (Å²) < 4.78 is 1.91. The van der Waals surface area contributed by atoms with Gasteiger partial charge in [-0.05, 0) is 30.7 Å². The van der Waals surface area contributed by atoms with Crippen molar-refractivity contribution in [2.75, 3.05) is 0 Å². The van der Waals surface area contributed by atoms with Crippen molar-refractivity contribution >= 4 is 40.6 Å². The largest absolute Gasteiger partial charge is 0.493 e. The molecule has 4 rings (SSSR count). The van der Waals surface area contributed by atoms with E-state index in [0.29, 0.717) is 0 Å². The maximum absolute atomic E-state index is 10.8. The fourth-order valence-corrected chi connectivity index (χ4v) is 4.05. The second-order valence-corrected chi connectivity index (χ2v) is 7.41. The first-order chi connectivity index (χ1) is 13.3. The van der Waals surface area contributed by atoms with Crippen LogP contribution in [0.1, 0.15) is 30.2 Å². The number of aliphatic imine (C=N–C) groups is 1. The van der Waals surface area contributed by atoms with Gasteiger partial charge in [-0.15, -0.1) is 0 Å². The van der Waals surface area contributed by atoms with Gasteiger partial charge in [0.05, 0.1) is 16.3 Å². The molecule has 0 spiro atoms. The van der Waals surface area contributed by atoms with Crippen LogP contribution >= 0.6 is 11.3 Å². The summed E-state index contributed by atoms with van der Waals surface area (Å²) >= 11 is 1.50. The summed E-state index contributed by atoms with van der Waals surface area (Å²) in [6.45, 7) is 2.89. The molecule has 5 heteroatoms. The second-order valence-electron chi connectivity index (χ2n) is 6.40. The summed E-state index contributed by atoms with van der Waals surface area (Å²) in [5.41, 5.74) is 3.95. The summed E-state index contributed by atoms with van der Waals surface area (Å²) in [5, 5.41) is 10.8. The van der Waals surface area contributed by atoms with E-state index in [0.717, 1.165) is 51.6 Å². The molecule has 27 heavy (non-hydrogen) atoms. The first kappa shape index (κ1) is 17.5. The standard InChI is InChI=1S/C22H21N3OS/c1-2-3-13-25-21(26)20(27-22(25)24-17-9-5-4-6-10-17)14-16-15-23-19-12-8-7-11-18(16)19/h4-12,14-15,26H,2-3,13H2,1H3/b16-14+,24-22?. The van der Waals surface area contributed by atoms with Gasteiger partial charge in [0.15, 0.2) is 4.80 Å². The Morgan fingerprint density at radius 2 is 1.89 bits per heavy atom. The van der Waals surface area contributed by atoms with Gasteiger partial charge in [-0.25, -0.2) is 4.99 Å². The normalized spacial score (nSPS) is 14.9. The van der Waals surface area contributed by atoms with Crippen LogP contribution in [-0.2, 0) is 6.54 Å². The predicted molar refractivity (Wildman–Crippen MR) is 113 cm³/mol. The first-order valence-corrected chi connectivity index (χ1v) is 9.95. The maximum Gasteiger partial charge on any atom is 0.211 e. The molecule has 0 atom stereocenters. The van der Waals surface area contributed by atoms with E-state index >= 15 is 0 Å². The van der Waals surface area contributed by atoms with Crippen LogP contribution in [0.5, 0.6) is 5.88 Å². The van der Waals surface area contributed by atoms with Gasteiger partial charge in [0.1, 0.15) is 0 Å². The number of para-hydroxylation sites is 2. The summed E-state index contributed by atoms with van der Waals surface area (Å²) in [7, 11) is 0. The molecular formula is C22H21N3OS. The van der Waals surface area contributed by atoms with Gasteiger partial charge < -0.3 is 5.11 Å². The van der Waals surface area contributed by atoms with Crippen molar-refractivity contribution in [2.45, 2.75) is 26.3 Å². The van der Waals surface area contributed by atoms with Crippen molar-refractivity contribution in [1.29, 1.82) is 0 Å². The van der Waals surface area contributed by atoms with Gasteiger partial charge >= 0.3 is 0 Å². The van der Waals surface area contributed by atoms with E-state index in [9.17, 15) is 5.11 Å². The molecule has 3 aromatic rings. The Hall–Kier alpha value is -2.92. The Morgan fingerprint density at radius 1 is 1.11 bits per heavy atom. The summed E-state index contributed by atoms with van der Waals surface area (Å²) in [4.78, 5) is 10.8. The molecule has 1 aromatic heterocycles. The smallest absolute Gasteiger partial charge is 0.211 e. The van der Waals surface area contributed by atoms with Gasteiger partial charge in [0.25, 0.3) is 0 Å². The van der Waals surface area contributed by atoms with Crippen molar-refractivity contribution in [3.05, 3.63) is 69.8 Å². The Morgan fingerprint density at radius 3 is 2.70 bits per heavy atom. The van der Waals surface area contributed by atoms with Crippen molar-refractivity contribution < 1.29 is 5.11 Å². The third kappa shape index (κ3) is 3.64. The predicted octanol–water partition coefficient (Wildman–Crippen LogP) is 5.54. The Balaban J connectivity index is 1.80. The van der Waals surface area contributed by atoms with Crippen LogP contribution in [0, 0.1) is 0 Å². The zero-order chi connectivity index (χ0) is 18.6. The van der Waals surface area contributed by atoms with Crippen molar-refractivity contribution in [3.63, 3.8) is 0 Å². The highest BCUT2D eigenvalue weighted by Crippen LogP contribution is 2.34. The Kier molecular flexibility index (Phi) is 5.03. The van der Waals surface area contributed by atoms with E-state index in [1.165, 1.54) is 11.3 Å². The number of fused-ring (bicyclic) bond motifs is 1. The van der Waals surface area contributed by atoms with Crippen molar-refractivity contribution in [1.82, 2.24) is 4.57 Å². The van der Waals surface area contributed by atoms with Crippen LogP contribution in [0.15, 0.2) is 64.6 Å². The molecule has 0 unspecified atom stereocenters. The highest BCUT2D eigenvalue weighted by atomic mass is 32.1. The summed E-state index contributed by atoms with van der Waals surface area (Å²) in [6, 6.07) is 17.9. The summed E-state index contributed by atoms with van der Waals surface area (Å²) in [5.74, 6) is 0.272.